The summed E-state index contributed by atoms with van der Waals surface area (Å²) in [6.45, 7) is 0. The molecule has 0 spiro atoms. The summed E-state index contributed by atoms with van der Waals surface area (Å²) in [5.41, 5.74) is 0.240. The maximum Gasteiger partial charge on any atom is 0.275 e. The van der Waals surface area contributed by atoms with Crippen molar-refractivity contribution in [2.45, 2.75) is 0 Å². The van der Waals surface area contributed by atoms with Crippen molar-refractivity contribution in [1.29, 1.82) is 0 Å². The van der Waals surface area contributed by atoms with Gasteiger partial charge >= 0.3 is 0 Å². The van der Waals surface area contributed by atoms with Gasteiger partial charge in [-0.1, -0.05) is 23.2 Å². The van der Waals surface area contributed by atoms with Crippen molar-refractivity contribution in [3.63, 3.8) is 0 Å². The van der Waals surface area contributed by atoms with Gasteiger partial charge in [0.05, 0.1) is 0 Å². The maximum atomic E-state index is 11.8. The van der Waals surface area contributed by atoms with Crippen LogP contribution in [-0.4, -0.2) is 20.9 Å². The number of anilines is 1. The van der Waals surface area contributed by atoms with Crippen LogP contribution in [0.5, 0.6) is 0 Å². The van der Waals surface area contributed by atoms with Crippen molar-refractivity contribution < 1.29 is 4.79 Å². The van der Waals surface area contributed by atoms with E-state index in [1.807, 2.05) is 0 Å². The van der Waals surface area contributed by atoms with Gasteiger partial charge in [-0.25, -0.2) is 15.0 Å². The highest BCUT2D eigenvalue weighted by molar-refractivity contribution is 9.10. The molecule has 0 saturated carbocycles. The van der Waals surface area contributed by atoms with Crippen molar-refractivity contribution in [2.75, 3.05) is 5.32 Å². The zero-order chi connectivity index (χ0) is 13.1. The molecule has 1 amide bonds. The standard InChI is InChI=1S/C10H5BrCl2N4O/c11-5-1-2-6(14-3-5)10(18)17-9-7(12)8(13)15-4-16-9/h1-4H,(H,15,16,17,18). The van der Waals surface area contributed by atoms with Crippen LogP contribution < -0.4 is 5.32 Å². The van der Waals surface area contributed by atoms with E-state index in [1.54, 1.807) is 12.1 Å². The highest BCUT2D eigenvalue weighted by Crippen LogP contribution is 2.25. The topological polar surface area (TPSA) is 67.8 Å². The molecule has 0 fully saturated rings. The molecule has 2 heterocycles. The van der Waals surface area contributed by atoms with Gasteiger partial charge in [0.1, 0.15) is 17.0 Å². The van der Waals surface area contributed by atoms with Crippen molar-refractivity contribution >= 4 is 50.9 Å². The molecule has 0 saturated heterocycles. The summed E-state index contributed by atoms with van der Waals surface area (Å²) in [5.74, 6) is -0.287. The van der Waals surface area contributed by atoms with Gasteiger partial charge in [0.15, 0.2) is 11.0 Å². The molecule has 0 aliphatic rings. The van der Waals surface area contributed by atoms with E-state index in [-0.39, 0.29) is 21.7 Å². The van der Waals surface area contributed by atoms with E-state index in [2.05, 4.69) is 36.2 Å². The van der Waals surface area contributed by atoms with Crippen LogP contribution in [-0.2, 0) is 0 Å². The predicted molar refractivity (Wildman–Crippen MR) is 71.9 cm³/mol. The molecular weight excluding hydrogens is 343 g/mol. The summed E-state index contributed by atoms with van der Waals surface area (Å²) in [7, 11) is 0. The fraction of sp³-hybridized carbons (Fsp3) is 0. The van der Waals surface area contributed by atoms with Crippen LogP contribution in [0.3, 0.4) is 0 Å². The lowest BCUT2D eigenvalue weighted by Crippen LogP contribution is -2.15. The highest BCUT2D eigenvalue weighted by Gasteiger charge is 2.12. The van der Waals surface area contributed by atoms with Crippen LogP contribution in [0.15, 0.2) is 29.1 Å². The summed E-state index contributed by atoms with van der Waals surface area (Å²) in [6, 6.07) is 3.27. The van der Waals surface area contributed by atoms with E-state index in [0.717, 1.165) is 4.47 Å². The van der Waals surface area contributed by atoms with Crippen molar-refractivity contribution in [3.05, 3.63) is 45.0 Å². The molecule has 2 rings (SSSR count). The van der Waals surface area contributed by atoms with Gasteiger partial charge in [-0.2, -0.15) is 0 Å². The molecule has 0 radical (unpaired) electrons. The number of rotatable bonds is 2. The van der Waals surface area contributed by atoms with Gasteiger partial charge in [0.2, 0.25) is 0 Å². The smallest absolute Gasteiger partial charge is 0.275 e. The second kappa shape index (κ2) is 5.60. The van der Waals surface area contributed by atoms with E-state index in [9.17, 15) is 4.79 Å². The minimum atomic E-state index is -0.431. The molecule has 5 nitrogen and oxygen atoms in total. The fourth-order valence-corrected chi connectivity index (χ4v) is 1.63. The summed E-state index contributed by atoms with van der Waals surface area (Å²) in [4.78, 5) is 23.3. The Kier molecular flexibility index (Phi) is 4.11. The zero-order valence-electron chi connectivity index (χ0n) is 8.69. The molecule has 0 bridgehead atoms. The lowest BCUT2D eigenvalue weighted by Gasteiger charge is -2.05. The van der Waals surface area contributed by atoms with Crippen LogP contribution in [0.2, 0.25) is 10.2 Å². The first kappa shape index (κ1) is 13.2. The highest BCUT2D eigenvalue weighted by atomic mass is 79.9. The molecule has 2 aromatic rings. The Balaban J connectivity index is 2.21. The van der Waals surface area contributed by atoms with E-state index in [4.69, 9.17) is 23.2 Å². The van der Waals surface area contributed by atoms with Gasteiger partial charge in [0, 0.05) is 10.7 Å². The largest absolute Gasteiger partial charge is 0.304 e. The third kappa shape index (κ3) is 2.95. The fourth-order valence-electron chi connectivity index (χ4n) is 1.12. The Labute approximate surface area is 121 Å². The Hall–Kier alpha value is -1.24. The molecule has 18 heavy (non-hydrogen) atoms. The lowest BCUT2D eigenvalue weighted by molar-refractivity contribution is 0.102. The number of aromatic nitrogens is 3. The van der Waals surface area contributed by atoms with Crippen molar-refractivity contribution in [1.82, 2.24) is 15.0 Å². The molecule has 8 heteroatoms. The van der Waals surface area contributed by atoms with Gasteiger partial charge in [0.25, 0.3) is 5.91 Å². The predicted octanol–water partition coefficient (Wildman–Crippen LogP) is 3.19. The summed E-state index contributed by atoms with van der Waals surface area (Å²) in [5, 5.41) is 2.66. The van der Waals surface area contributed by atoms with Crippen LogP contribution in [0.4, 0.5) is 5.82 Å². The lowest BCUT2D eigenvalue weighted by atomic mass is 10.3. The summed E-state index contributed by atoms with van der Waals surface area (Å²) in [6.07, 6.45) is 2.72. The molecule has 0 aromatic carbocycles. The van der Waals surface area contributed by atoms with Crippen LogP contribution in [0, 0.1) is 0 Å². The number of pyridine rings is 1. The third-order valence-corrected chi connectivity index (χ3v) is 3.15. The Morgan fingerprint density at radius 1 is 1.22 bits per heavy atom. The van der Waals surface area contributed by atoms with Crippen LogP contribution in [0.25, 0.3) is 0 Å². The quantitative estimate of drug-likeness (QED) is 0.847. The minimum absolute atomic E-state index is 0.0748. The maximum absolute atomic E-state index is 11.8. The zero-order valence-corrected chi connectivity index (χ0v) is 11.8. The van der Waals surface area contributed by atoms with E-state index in [1.165, 1.54) is 12.5 Å². The number of halogens is 3. The molecule has 1 N–H and O–H groups in total. The number of hydrogen-bond acceptors (Lipinski definition) is 4. The SMILES string of the molecule is O=C(Nc1ncnc(Cl)c1Cl)c1ccc(Br)cn1. The first-order chi connectivity index (χ1) is 8.58. The average Bonchev–Trinajstić information content (AvgIpc) is 2.36. The number of nitrogens with one attached hydrogen (secondary N) is 1. The van der Waals surface area contributed by atoms with Crippen LogP contribution >= 0.6 is 39.1 Å². The number of carbonyl (C=O) groups is 1. The molecular formula is C10H5BrCl2N4O. The second-order valence-electron chi connectivity index (χ2n) is 3.14. The average molecular weight is 348 g/mol. The third-order valence-electron chi connectivity index (χ3n) is 1.94. The second-order valence-corrected chi connectivity index (χ2v) is 4.79. The molecule has 92 valence electrons. The Morgan fingerprint density at radius 3 is 2.67 bits per heavy atom. The molecule has 0 aliphatic heterocycles. The Morgan fingerprint density at radius 2 is 2.00 bits per heavy atom. The van der Waals surface area contributed by atoms with Crippen LogP contribution in [0.1, 0.15) is 10.5 Å². The first-order valence-electron chi connectivity index (χ1n) is 4.67. The number of carbonyl (C=O) groups excluding carboxylic acids is 1. The van der Waals surface area contributed by atoms with E-state index in [0.29, 0.717) is 0 Å². The van der Waals surface area contributed by atoms with Gasteiger partial charge in [-0.3, -0.25) is 4.79 Å². The number of amides is 1. The van der Waals surface area contributed by atoms with E-state index >= 15 is 0 Å². The molecule has 2 aromatic heterocycles. The monoisotopic (exact) mass is 346 g/mol. The number of nitrogens with zero attached hydrogens (tertiary/aromatic N) is 3. The van der Waals surface area contributed by atoms with Crippen molar-refractivity contribution in [2.24, 2.45) is 0 Å². The van der Waals surface area contributed by atoms with Gasteiger partial charge in [-0.05, 0) is 28.1 Å². The summed E-state index contributed by atoms with van der Waals surface area (Å²) < 4.78 is 0.780. The van der Waals surface area contributed by atoms with Gasteiger partial charge < -0.3 is 5.32 Å². The van der Waals surface area contributed by atoms with Gasteiger partial charge in [-0.15, -0.1) is 0 Å². The first-order valence-corrected chi connectivity index (χ1v) is 6.21. The van der Waals surface area contributed by atoms with Crippen molar-refractivity contribution in [3.8, 4) is 0 Å². The Bertz CT molecular complexity index is 591. The van der Waals surface area contributed by atoms with E-state index < -0.39 is 5.91 Å². The summed E-state index contributed by atoms with van der Waals surface area (Å²) >= 11 is 14.8. The molecule has 0 aliphatic carbocycles. The molecule has 0 atom stereocenters. The molecule has 0 unspecified atom stereocenters. The number of hydrogen-bond donors (Lipinski definition) is 1. The minimum Gasteiger partial charge on any atom is -0.304 e. The normalized spacial score (nSPS) is 10.2.